The van der Waals surface area contributed by atoms with Gasteiger partial charge >= 0.3 is 0 Å². The molecule has 2 heteroatoms. The Morgan fingerprint density at radius 3 is 1.53 bits per heavy atom. The predicted molar refractivity (Wildman–Crippen MR) is 206 cm³/mol. The lowest BCUT2D eigenvalue weighted by atomic mass is 9.81. The first-order chi connectivity index (χ1) is 23.0. The van der Waals surface area contributed by atoms with E-state index >= 15 is 0 Å². The second-order valence-electron chi connectivity index (χ2n) is 13.3. The van der Waals surface area contributed by atoms with Gasteiger partial charge in [-0.1, -0.05) is 159 Å². The summed E-state index contributed by atoms with van der Waals surface area (Å²) in [4.78, 5) is 0. The van der Waals surface area contributed by atoms with Gasteiger partial charge in [0.25, 0.3) is 0 Å². The molecule has 1 aliphatic rings. The van der Waals surface area contributed by atoms with Crippen LogP contribution in [-0.4, -0.2) is 8.07 Å². The average molecular weight is 635 g/mol. The van der Waals surface area contributed by atoms with Crippen LogP contribution in [0, 0.1) is 0 Å². The van der Waals surface area contributed by atoms with E-state index in [2.05, 4.69) is 184 Å². The van der Waals surface area contributed by atoms with Crippen molar-refractivity contribution in [2.24, 2.45) is 0 Å². The fourth-order valence-corrected chi connectivity index (χ4v) is 14.0. The Labute approximate surface area is 281 Å². The predicted octanol–water partition coefficient (Wildman–Crippen LogP) is 9.41. The third-order valence-electron chi connectivity index (χ3n) is 10.4. The van der Waals surface area contributed by atoms with Crippen molar-refractivity contribution in [2.75, 3.05) is 0 Å². The first-order valence-corrected chi connectivity index (χ1v) is 19.2. The third kappa shape index (κ3) is 4.25. The minimum Gasteiger partial charge on any atom is -0.135 e. The molecule has 7 aromatic carbocycles. The molecule has 0 saturated carbocycles. The van der Waals surface area contributed by atoms with Crippen molar-refractivity contribution < 1.29 is 0 Å². The summed E-state index contributed by atoms with van der Waals surface area (Å²) >= 11 is 1.88. The average Bonchev–Trinajstić information content (AvgIpc) is 3.61. The van der Waals surface area contributed by atoms with Gasteiger partial charge in [-0.3, -0.25) is 0 Å². The molecule has 0 nitrogen and oxygen atoms in total. The molecular formula is C45H34SSi. The SMILES string of the molecule is CC1(C)c2cc(-c3ccc4sc5ccccc5c4c3)ccc2-c2ccc([Si](c3ccccc3)(c3ccccc3)c3ccccc3)cc21. The number of benzene rings is 7. The van der Waals surface area contributed by atoms with Crippen LogP contribution >= 0.6 is 11.3 Å². The molecule has 224 valence electrons. The highest BCUT2D eigenvalue weighted by atomic mass is 32.1. The normalized spacial score (nSPS) is 13.5. The highest BCUT2D eigenvalue weighted by Gasteiger charge is 2.43. The summed E-state index contributed by atoms with van der Waals surface area (Å²) in [6.07, 6.45) is 0. The Morgan fingerprint density at radius 2 is 0.894 bits per heavy atom. The second kappa shape index (κ2) is 10.8. The smallest absolute Gasteiger partial charge is 0.135 e. The lowest BCUT2D eigenvalue weighted by Gasteiger charge is -2.35. The van der Waals surface area contributed by atoms with Crippen LogP contribution in [0.5, 0.6) is 0 Å². The van der Waals surface area contributed by atoms with E-state index in [0.717, 1.165) is 0 Å². The number of hydrogen-bond acceptors (Lipinski definition) is 1. The molecule has 47 heavy (non-hydrogen) atoms. The van der Waals surface area contributed by atoms with Crippen LogP contribution in [-0.2, 0) is 5.41 Å². The van der Waals surface area contributed by atoms with Crippen LogP contribution in [0.4, 0.5) is 0 Å². The molecule has 0 N–H and O–H groups in total. The van der Waals surface area contributed by atoms with Gasteiger partial charge in [0, 0.05) is 25.6 Å². The molecule has 0 amide bonds. The molecule has 0 atom stereocenters. The standard InChI is InChI=1S/C45H34SSi/c1-45(2)41-29-32(31-23-27-44-40(28-31)39-20-12-13-21-43(39)46-44)22-25-37(41)38-26-24-36(30-42(38)45)47(33-14-6-3-7-15-33,34-16-8-4-9-17-34)35-18-10-5-11-19-35/h3-30H,1-2H3. The van der Waals surface area contributed by atoms with Gasteiger partial charge in [0.05, 0.1) is 0 Å². The highest BCUT2D eigenvalue weighted by molar-refractivity contribution is 7.25. The summed E-state index contributed by atoms with van der Waals surface area (Å²) in [5.74, 6) is 0. The van der Waals surface area contributed by atoms with Crippen molar-refractivity contribution >= 4 is 60.3 Å². The first-order valence-electron chi connectivity index (χ1n) is 16.4. The minimum absolute atomic E-state index is 0.139. The van der Waals surface area contributed by atoms with Gasteiger partial charge in [0.1, 0.15) is 0 Å². The third-order valence-corrected chi connectivity index (χ3v) is 16.4. The van der Waals surface area contributed by atoms with Crippen molar-refractivity contribution in [1.82, 2.24) is 0 Å². The zero-order chi connectivity index (χ0) is 31.6. The second-order valence-corrected chi connectivity index (χ2v) is 18.2. The van der Waals surface area contributed by atoms with E-state index in [-0.39, 0.29) is 5.41 Å². The van der Waals surface area contributed by atoms with Crippen LogP contribution in [0.2, 0.25) is 0 Å². The summed E-state index contributed by atoms with van der Waals surface area (Å²) in [5, 5.41) is 8.34. The Balaban J connectivity index is 1.22. The van der Waals surface area contributed by atoms with E-state index < -0.39 is 8.07 Å². The van der Waals surface area contributed by atoms with E-state index in [1.54, 1.807) is 0 Å². The van der Waals surface area contributed by atoms with Crippen LogP contribution in [0.25, 0.3) is 42.4 Å². The quantitative estimate of drug-likeness (QED) is 0.131. The lowest BCUT2D eigenvalue weighted by molar-refractivity contribution is 0.661. The maximum absolute atomic E-state index is 2.61. The van der Waals surface area contributed by atoms with E-state index in [1.165, 1.54) is 74.3 Å². The zero-order valence-corrected chi connectivity index (χ0v) is 28.4. The van der Waals surface area contributed by atoms with Gasteiger partial charge in [-0.25, -0.2) is 0 Å². The van der Waals surface area contributed by atoms with Gasteiger partial charge in [-0.05, 0) is 78.4 Å². The molecule has 0 radical (unpaired) electrons. The maximum Gasteiger partial charge on any atom is 0.179 e. The molecule has 0 spiro atoms. The van der Waals surface area contributed by atoms with Crippen LogP contribution in [0.3, 0.4) is 0 Å². The molecule has 8 aromatic rings. The summed E-state index contributed by atoms with van der Waals surface area (Å²) in [7, 11) is -2.61. The minimum atomic E-state index is -2.61. The van der Waals surface area contributed by atoms with E-state index in [4.69, 9.17) is 0 Å². The Bertz CT molecular complexity index is 2320. The molecule has 1 heterocycles. The van der Waals surface area contributed by atoms with Gasteiger partial charge in [0.15, 0.2) is 8.07 Å². The topological polar surface area (TPSA) is 0 Å². The Morgan fingerprint density at radius 1 is 0.404 bits per heavy atom. The molecule has 1 aliphatic carbocycles. The molecule has 9 rings (SSSR count). The molecule has 0 unspecified atom stereocenters. The number of rotatable bonds is 5. The van der Waals surface area contributed by atoms with E-state index in [1.807, 2.05) is 11.3 Å². The van der Waals surface area contributed by atoms with Crippen molar-refractivity contribution in [2.45, 2.75) is 19.3 Å². The van der Waals surface area contributed by atoms with Gasteiger partial charge in [0.2, 0.25) is 0 Å². The summed E-state index contributed by atoms with van der Waals surface area (Å²) < 4.78 is 2.70. The monoisotopic (exact) mass is 634 g/mol. The summed E-state index contributed by atoms with van der Waals surface area (Å²) in [6, 6.07) is 64.0. The van der Waals surface area contributed by atoms with Gasteiger partial charge < -0.3 is 0 Å². The number of fused-ring (bicyclic) bond motifs is 6. The zero-order valence-electron chi connectivity index (χ0n) is 26.6. The Hall–Kier alpha value is -5.02. The van der Waals surface area contributed by atoms with Gasteiger partial charge in [-0.2, -0.15) is 0 Å². The molecular weight excluding hydrogens is 601 g/mol. The maximum atomic E-state index is 2.57. The first kappa shape index (κ1) is 28.2. The molecule has 0 fully saturated rings. The van der Waals surface area contributed by atoms with Crippen molar-refractivity contribution in [1.29, 1.82) is 0 Å². The fraction of sp³-hybridized carbons (Fsp3) is 0.0667. The van der Waals surface area contributed by atoms with Crippen molar-refractivity contribution in [3.8, 4) is 22.3 Å². The summed E-state index contributed by atoms with van der Waals surface area (Å²) in [6.45, 7) is 4.83. The van der Waals surface area contributed by atoms with Crippen LogP contribution in [0.1, 0.15) is 25.0 Å². The van der Waals surface area contributed by atoms with Gasteiger partial charge in [-0.15, -0.1) is 11.3 Å². The molecule has 0 saturated heterocycles. The number of thiophene rings is 1. The van der Waals surface area contributed by atoms with E-state index in [0.29, 0.717) is 0 Å². The van der Waals surface area contributed by atoms with E-state index in [9.17, 15) is 0 Å². The van der Waals surface area contributed by atoms with Crippen molar-refractivity contribution in [3.05, 3.63) is 181 Å². The van der Waals surface area contributed by atoms with Crippen LogP contribution < -0.4 is 20.7 Å². The molecule has 1 aromatic heterocycles. The fourth-order valence-electron chi connectivity index (χ4n) is 8.12. The largest absolute Gasteiger partial charge is 0.179 e. The highest BCUT2D eigenvalue weighted by Crippen LogP contribution is 2.49. The summed E-state index contributed by atoms with van der Waals surface area (Å²) in [5.41, 5.74) is 7.96. The molecule has 0 bridgehead atoms. The molecule has 0 aliphatic heterocycles. The van der Waals surface area contributed by atoms with Crippen molar-refractivity contribution in [3.63, 3.8) is 0 Å². The van der Waals surface area contributed by atoms with Crippen LogP contribution in [0.15, 0.2) is 170 Å². The number of hydrogen-bond donors (Lipinski definition) is 0. The lowest BCUT2D eigenvalue weighted by Crippen LogP contribution is -2.74. The Kier molecular flexibility index (Phi) is 6.47.